The summed E-state index contributed by atoms with van der Waals surface area (Å²) < 4.78 is 5.43. The number of carbonyl (C=O) groups is 2. The number of nitrogens with zero attached hydrogens (tertiary/aromatic N) is 1. The molecular weight excluding hydrogens is 424 g/mol. The number of aryl methyl sites for hydroxylation is 1. The standard InChI is InChI=1S/C29H40N2O3/c1-3-4-5-6-7-8-9-10-11-12-13-18-28(32)31-30-23-25-19-21-26(22-20-25)34-29(33)27-17-15-14-16-24(27)2/h14-17,19-23H,3-13,18H2,1-2H3,(H,31,32)/b30-23+. The molecule has 0 aliphatic rings. The summed E-state index contributed by atoms with van der Waals surface area (Å²) in [5, 5.41) is 4.03. The third-order valence-electron chi connectivity index (χ3n) is 5.87. The first-order chi connectivity index (χ1) is 16.6. The summed E-state index contributed by atoms with van der Waals surface area (Å²) >= 11 is 0. The number of hydrogen-bond acceptors (Lipinski definition) is 4. The zero-order chi connectivity index (χ0) is 24.4. The summed E-state index contributed by atoms with van der Waals surface area (Å²) in [5.74, 6) is 0.0241. The molecule has 2 rings (SSSR count). The van der Waals surface area contributed by atoms with E-state index in [1.54, 1.807) is 36.5 Å². The fraction of sp³-hybridized carbons (Fsp3) is 0.483. The lowest BCUT2D eigenvalue weighted by molar-refractivity contribution is -0.121. The minimum atomic E-state index is -0.380. The van der Waals surface area contributed by atoms with E-state index in [2.05, 4.69) is 17.5 Å². The first-order valence-electron chi connectivity index (χ1n) is 12.8. The highest BCUT2D eigenvalue weighted by atomic mass is 16.5. The van der Waals surface area contributed by atoms with E-state index in [1.807, 2.05) is 25.1 Å². The lowest BCUT2D eigenvalue weighted by atomic mass is 10.1. The van der Waals surface area contributed by atoms with Gasteiger partial charge in [-0.05, 0) is 54.8 Å². The second-order valence-electron chi connectivity index (χ2n) is 8.85. The number of rotatable bonds is 16. The Morgan fingerprint density at radius 1 is 0.824 bits per heavy atom. The molecule has 2 aromatic carbocycles. The zero-order valence-corrected chi connectivity index (χ0v) is 20.9. The Labute approximate surface area is 205 Å². The first kappa shape index (κ1) is 27.3. The van der Waals surface area contributed by atoms with Crippen LogP contribution in [0.4, 0.5) is 0 Å². The van der Waals surface area contributed by atoms with Crippen LogP contribution in [0, 0.1) is 6.92 Å². The van der Waals surface area contributed by atoms with Gasteiger partial charge in [-0.25, -0.2) is 10.2 Å². The lowest BCUT2D eigenvalue weighted by Gasteiger charge is -2.06. The van der Waals surface area contributed by atoms with Crippen molar-refractivity contribution in [2.24, 2.45) is 5.10 Å². The summed E-state index contributed by atoms with van der Waals surface area (Å²) in [6.07, 6.45) is 16.0. The van der Waals surface area contributed by atoms with Crippen LogP contribution in [0.15, 0.2) is 53.6 Å². The molecular formula is C29H40N2O3. The van der Waals surface area contributed by atoms with Crippen molar-refractivity contribution in [3.8, 4) is 5.75 Å². The topological polar surface area (TPSA) is 67.8 Å². The van der Waals surface area contributed by atoms with Crippen LogP contribution < -0.4 is 10.2 Å². The molecule has 0 aliphatic carbocycles. The van der Waals surface area contributed by atoms with Crippen LogP contribution in [0.2, 0.25) is 0 Å². The highest BCUT2D eigenvalue weighted by molar-refractivity contribution is 5.92. The summed E-state index contributed by atoms with van der Waals surface area (Å²) in [6, 6.07) is 14.3. The molecule has 0 bridgehead atoms. The van der Waals surface area contributed by atoms with Gasteiger partial charge in [-0.1, -0.05) is 89.3 Å². The van der Waals surface area contributed by atoms with Crippen LogP contribution >= 0.6 is 0 Å². The second-order valence-corrected chi connectivity index (χ2v) is 8.85. The number of benzene rings is 2. The molecule has 0 aliphatic heterocycles. The van der Waals surface area contributed by atoms with Crippen LogP contribution in [-0.4, -0.2) is 18.1 Å². The van der Waals surface area contributed by atoms with E-state index in [0.717, 1.165) is 24.0 Å². The van der Waals surface area contributed by atoms with Crippen molar-refractivity contribution in [2.45, 2.75) is 90.9 Å². The Balaban J connectivity index is 1.56. The smallest absolute Gasteiger partial charge is 0.343 e. The van der Waals surface area contributed by atoms with Gasteiger partial charge in [0.15, 0.2) is 0 Å². The van der Waals surface area contributed by atoms with Crippen molar-refractivity contribution in [2.75, 3.05) is 0 Å². The van der Waals surface area contributed by atoms with E-state index >= 15 is 0 Å². The molecule has 0 spiro atoms. The number of hydrogen-bond donors (Lipinski definition) is 1. The molecule has 0 unspecified atom stereocenters. The van der Waals surface area contributed by atoms with Gasteiger partial charge in [0, 0.05) is 6.42 Å². The Morgan fingerprint density at radius 3 is 2.03 bits per heavy atom. The average Bonchev–Trinajstić information content (AvgIpc) is 2.84. The van der Waals surface area contributed by atoms with Crippen LogP contribution in [0.1, 0.15) is 105 Å². The van der Waals surface area contributed by atoms with Crippen LogP contribution in [0.25, 0.3) is 0 Å². The van der Waals surface area contributed by atoms with Crippen LogP contribution in [0.5, 0.6) is 5.75 Å². The fourth-order valence-corrected chi connectivity index (χ4v) is 3.77. The quantitative estimate of drug-likeness (QED) is 0.0927. The third-order valence-corrected chi connectivity index (χ3v) is 5.87. The monoisotopic (exact) mass is 464 g/mol. The molecule has 0 radical (unpaired) electrons. The van der Waals surface area contributed by atoms with Crippen molar-refractivity contribution in [1.82, 2.24) is 5.43 Å². The SMILES string of the molecule is CCCCCCCCCCCCCC(=O)N/N=C/c1ccc(OC(=O)c2ccccc2C)cc1. The average molecular weight is 465 g/mol. The van der Waals surface area contributed by atoms with Gasteiger partial charge in [-0.15, -0.1) is 0 Å². The maximum Gasteiger partial charge on any atom is 0.343 e. The van der Waals surface area contributed by atoms with E-state index in [1.165, 1.54) is 57.8 Å². The van der Waals surface area contributed by atoms with Crippen molar-refractivity contribution in [3.05, 3.63) is 65.2 Å². The van der Waals surface area contributed by atoms with Crippen molar-refractivity contribution in [1.29, 1.82) is 0 Å². The molecule has 34 heavy (non-hydrogen) atoms. The van der Waals surface area contributed by atoms with E-state index in [9.17, 15) is 9.59 Å². The molecule has 184 valence electrons. The lowest BCUT2D eigenvalue weighted by Crippen LogP contribution is -2.16. The first-order valence-corrected chi connectivity index (χ1v) is 12.8. The minimum absolute atomic E-state index is 0.0593. The molecule has 1 amide bonds. The maximum atomic E-state index is 12.3. The van der Waals surface area contributed by atoms with E-state index in [0.29, 0.717) is 17.7 Å². The number of nitrogens with one attached hydrogen (secondary N) is 1. The molecule has 0 atom stereocenters. The highest BCUT2D eigenvalue weighted by Crippen LogP contribution is 2.16. The molecule has 0 saturated heterocycles. The largest absolute Gasteiger partial charge is 0.423 e. The summed E-state index contributed by atoms with van der Waals surface area (Å²) in [6.45, 7) is 4.13. The van der Waals surface area contributed by atoms with Crippen LogP contribution in [0.3, 0.4) is 0 Å². The Morgan fingerprint density at radius 2 is 1.41 bits per heavy atom. The van der Waals surface area contributed by atoms with Crippen LogP contribution in [-0.2, 0) is 4.79 Å². The molecule has 5 heteroatoms. The molecule has 1 N–H and O–H groups in total. The summed E-state index contributed by atoms with van der Waals surface area (Å²) in [7, 11) is 0. The zero-order valence-electron chi connectivity index (χ0n) is 20.9. The van der Waals surface area contributed by atoms with E-state index < -0.39 is 0 Å². The molecule has 0 fully saturated rings. The predicted molar refractivity (Wildman–Crippen MR) is 139 cm³/mol. The number of carbonyl (C=O) groups excluding carboxylic acids is 2. The summed E-state index contributed by atoms with van der Waals surface area (Å²) in [4.78, 5) is 24.2. The van der Waals surface area contributed by atoms with Gasteiger partial charge in [0.05, 0.1) is 11.8 Å². The van der Waals surface area contributed by atoms with E-state index in [-0.39, 0.29) is 11.9 Å². The van der Waals surface area contributed by atoms with Gasteiger partial charge in [0.1, 0.15) is 5.75 Å². The number of amides is 1. The number of hydrazone groups is 1. The third kappa shape index (κ3) is 11.3. The van der Waals surface area contributed by atoms with Gasteiger partial charge >= 0.3 is 5.97 Å². The molecule has 2 aromatic rings. The van der Waals surface area contributed by atoms with Gasteiger partial charge in [-0.3, -0.25) is 4.79 Å². The van der Waals surface area contributed by atoms with E-state index in [4.69, 9.17) is 4.74 Å². The van der Waals surface area contributed by atoms with Gasteiger partial charge in [0.2, 0.25) is 5.91 Å². The van der Waals surface area contributed by atoms with Crippen molar-refractivity contribution >= 4 is 18.1 Å². The molecule has 5 nitrogen and oxygen atoms in total. The predicted octanol–water partition coefficient (Wildman–Crippen LogP) is 7.37. The Kier molecular flexibility index (Phi) is 13.4. The number of ether oxygens (including phenoxy) is 1. The maximum absolute atomic E-state index is 12.3. The van der Waals surface area contributed by atoms with Gasteiger partial charge in [0.25, 0.3) is 0 Å². The Bertz CT molecular complexity index is 891. The fourth-order valence-electron chi connectivity index (χ4n) is 3.77. The van der Waals surface area contributed by atoms with Gasteiger partial charge < -0.3 is 4.74 Å². The highest BCUT2D eigenvalue weighted by Gasteiger charge is 2.10. The Hall–Kier alpha value is -2.95. The number of unbranched alkanes of at least 4 members (excludes halogenated alkanes) is 10. The number of esters is 1. The molecule has 0 saturated carbocycles. The normalized spacial score (nSPS) is 11.0. The second kappa shape index (κ2) is 16.6. The molecule has 0 heterocycles. The van der Waals surface area contributed by atoms with Crippen molar-refractivity contribution < 1.29 is 14.3 Å². The molecule has 0 aromatic heterocycles. The minimum Gasteiger partial charge on any atom is -0.423 e. The van der Waals surface area contributed by atoms with Crippen molar-refractivity contribution in [3.63, 3.8) is 0 Å². The summed E-state index contributed by atoms with van der Waals surface area (Å²) in [5.41, 5.74) is 4.82. The van der Waals surface area contributed by atoms with Gasteiger partial charge in [-0.2, -0.15) is 5.10 Å².